The number of hydrogen-bond donors (Lipinski definition) is 2. The van der Waals surface area contributed by atoms with Crippen LogP contribution in [0.15, 0.2) is 24.3 Å². The second-order valence-corrected chi connectivity index (χ2v) is 5.73. The summed E-state index contributed by atoms with van der Waals surface area (Å²) in [6, 6.07) is 6.39. The Morgan fingerprint density at radius 1 is 1.21 bits per heavy atom. The third-order valence-electron chi connectivity index (χ3n) is 4.45. The van der Waals surface area contributed by atoms with E-state index in [4.69, 9.17) is 0 Å². The molecule has 102 valence electrons. The van der Waals surface area contributed by atoms with Gasteiger partial charge in [0.2, 0.25) is 0 Å². The number of fused-ring (bicyclic) bond motifs is 1. The molecule has 3 atom stereocenters. The highest BCUT2D eigenvalue weighted by Gasteiger charge is 2.41. The molecule has 1 heterocycles. The van der Waals surface area contributed by atoms with E-state index in [-0.39, 0.29) is 17.6 Å². The molecule has 19 heavy (non-hydrogen) atoms. The number of carbonyl (C=O) groups excluding carboxylic acids is 1. The first-order valence-electron chi connectivity index (χ1n) is 6.86. The number of benzene rings is 1. The van der Waals surface area contributed by atoms with Gasteiger partial charge in [-0.1, -0.05) is 0 Å². The number of phenolic OH excluding ortho intramolecular Hbond substituents is 1. The molecular weight excluding hydrogens is 242 g/mol. The zero-order chi connectivity index (χ0) is 13.4. The van der Waals surface area contributed by atoms with E-state index in [9.17, 15) is 15.0 Å². The predicted molar refractivity (Wildman–Crippen MR) is 71.1 cm³/mol. The van der Waals surface area contributed by atoms with Gasteiger partial charge in [0.25, 0.3) is 0 Å². The van der Waals surface area contributed by atoms with Gasteiger partial charge >= 0.3 is 0 Å². The summed E-state index contributed by atoms with van der Waals surface area (Å²) in [7, 11) is 0. The van der Waals surface area contributed by atoms with Gasteiger partial charge in [-0.05, 0) is 43.0 Å². The Hall–Kier alpha value is -1.39. The van der Waals surface area contributed by atoms with E-state index in [2.05, 4.69) is 4.90 Å². The van der Waals surface area contributed by atoms with E-state index in [1.807, 2.05) is 0 Å². The molecule has 1 saturated heterocycles. The van der Waals surface area contributed by atoms with E-state index in [1.165, 1.54) is 12.1 Å². The van der Waals surface area contributed by atoms with Crippen LogP contribution in [0.3, 0.4) is 0 Å². The van der Waals surface area contributed by atoms with Crippen LogP contribution in [-0.4, -0.2) is 46.6 Å². The maximum absolute atomic E-state index is 12.1. The molecule has 1 aromatic carbocycles. The predicted octanol–water partition coefficient (Wildman–Crippen LogP) is 1.28. The molecule has 4 nitrogen and oxygen atoms in total. The molecule has 0 aromatic heterocycles. The normalized spacial score (nSPS) is 30.5. The molecule has 0 radical (unpaired) electrons. The average Bonchev–Trinajstić information content (AvgIpc) is 2.93. The third-order valence-corrected chi connectivity index (χ3v) is 4.45. The number of carbonyl (C=O) groups is 1. The molecule has 3 unspecified atom stereocenters. The van der Waals surface area contributed by atoms with Crippen LogP contribution in [0.1, 0.15) is 23.2 Å². The first-order chi connectivity index (χ1) is 9.13. The van der Waals surface area contributed by atoms with Gasteiger partial charge in [0, 0.05) is 24.6 Å². The van der Waals surface area contributed by atoms with Crippen LogP contribution in [0, 0.1) is 11.8 Å². The largest absolute Gasteiger partial charge is 0.508 e. The zero-order valence-corrected chi connectivity index (χ0v) is 10.8. The Bertz CT molecular complexity index is 471. The first kappa shape index (κ1) is 12.6. The van der Waals surface area contributed by atoms with Crippen LogP contribution in [0.4, 0.5) is 0 Å². The summed E-state index contributed by atoms with van der Waals surface area (Å²) in [5, 5.41) is 19.1. The minimum absolute atomic E-state index is 0.0782. The number of Topliss-reactive ketones (excluding diaryl/α,β-unsaturated/α-hetero) is 1. The lowest BCUT2D eigenvalue weighted by atomic mass is 10.00. The molecule has 2 N–H and O–H groups in total. The number of hydrogen-bond acceptors (Lipinski definition) is 4. The zero-order valence-electron chi connectivity index (χ0n) is 10.8. The highest BCUT2D eigenvalue weighted by molar-refractivity contribution is 5.97. The second-order valence-electron chi connectivity index (χ2n) is 5.73. The number of aromatic hydroxyl groups is 1. The lowest BCUT2D eigenvalue weighted by Crippen LogP contribution is -2.30. The number of rotatable bonds is 3. The molecule has 0 bridgehead atoms. The van der Waals surface area contributed by atoms with Crippen molar-refractivity contribution in [2.24, 2.45) is 11.8 Å². The van der Waals surface area contributed by atoms with Gasteiger partial charge in [0.05, 0.1) is 12.6 Å². The van der Waals surface area contributed by atoms with Crippen LogP contribution in [0.25, 0.3) is 0 Å². The highest BCUT2D eigenvalue weighted by Crippen LogP contribution is 2.37. The van der Waals surface area contributed by atoms with Gasteiger partial charge in [0.15, 0.2) is 5.78 Å². The van der Waals surface area contributed by atoms with Crippen molar-refractivity contribution in [2.75, 3.05) is 19.6 Å². The molecule has 0 amide bonds. The van der Waals surface area contributed by atoms with Crippen molar-refractivity contribution in [2.45, 2.75) is 18.9 Å². The lowest BCUT2D eigenvalue weighted by molar-refractivity contribution is 0.0920. The van der Waals surface area contributed by atoms with Gasteiger partial charge in [-0.25, -0.2) is 0 Å². The van der Waals surface area contributed by atoms with Crippen molar-refractivity contribution in [1.29, 1.82) is 0 Å². The molecule has 2 aliphatic rings. The van der Waals surface area contributed by atoms with Gasteiger partial charge in [0.1, 0.15) is 5.75 Å². The Labute approximate surface area is 112 Å². The smallest absolute Gasteiger partial charge is 0.176 e. The van der Waals surface area contributed by atoms with Crippen molar-refractivity contribution in [1.82, 2.24) is 4.90 Å². The van der Waals surface area contributed by atoms with Gasteiger partial charge in [-0.15, -0.1) is 0 Å². The van der Waals surface area contributed by atoms with Crippen molar-refractivity contribution >= 4 is 5.78 Å². The van der Waals surface area contributed by atoms with Crippen LogP contribution >= 0.6 is 0 Å². The number of ketones is 1. The van der Waals surface area contributed by atoms with E-state index in [0.29, 0.717) is 23.9 Å². The topological polar surface area (TPSA) is 60.8 Å². The Kier molecular flexibility index (Phi) is 3.29. The van der Waals surface area contributed by atoms with E-state index < -0.39 is 0 Å². The highest BCUT2D eigenvalue weighted by atomic mass is 16.3. The summed E-state index contributed by atoms with van der Waals surface area (Å²) in [6.07, 6.45) is 1.81. The second kappa shape index (κ2) is 4.94. The maximum Gasteiger partial charge on any atom is 0.176 e. The summed E-state index contributed by atoms with van der Waals surface area (Å²) in [6.45, 7) is 2.16. The number of likely N-dealkylation sites (tertiary alicyclic amines) is 1. The van der Waals surface area contributed by atoms with Crippen LogP contribution in [-0.2, 0) is 0 Å². The fourth-order valence-electron chi connectivity index (χ4n) is 3.40. The van der Waals surface area contributed by atoms with Crippen molar-refractivity contribution < 1.29 is 15.0 Å². The standard InChI is InChI=1S/C15H19NO3/c17-12-4-1-10(2-5-12)15(19)9-16-7-11-3-6-14(18)13(11)8-16/h1-2,4-5,11,13-14,17-18H,3,6-9H2. The molecule has 1 aliphatic carbocycles. The van der Waals surface area contributed by atoms with Crippen molar-refractivity contribution in [3.05, 3.63) is 29.8 Å². The summed E-state index contributed by atoms with van der Waals surface area (Å²) < 4.78 is 0. The quantitative estimate of drug-likeness (QED) is 0.805. The third kappa shape index (κ3) is 2.51. The molecule has 1 saturated carbocycles. The average molecular weight is 261 g/mol. The monoisotopic (exact) mass is 261 g/mol. The van der Waals surface area contributed by atoms with Crippen molar-refractivity contribution in [3.63, 3.8) is 0 Å². The van der Waals surface area contributed by atoms with Crippen LogP contribution in [0.2, 0.25) is 0 Å². The van der Waals surface area contributed by atoms with E-state index in [1.54, 1.807) is 12.1 Å². The van der Waals surface area contributed by atoms with E-state index in [0.717, 1.165) is 25.9 Å². The number of nitrogens with zero attached hydrogens (tertiary/aromatic N) is 1. The molecule has 0 spiro atoms. The van der Waals surface area contributed by atoms with Crippen LogP contribution < -0.4 is 0 Å². The molecule has 1 aliphatic heterocycles. The SMILES string of the molecule is O=C(CN1CC2CCC(O)C2C1)c1ccc(O)cc1. The van der Waals surface area contributed by atoms with Crippen LogP contribution in [0.5, 0.6) is 5.75 Å². The minimum Gasteiger partial charge on any atom is -0.508 e. The van der Waals surface area contributed by atoms with Crippen molar-refractivity contribution in [3.8, 4) is 5.75 Å². The summed E-state index contributed by atoms with van der Waals surface area (Å²) >= 11 is 0. The van der Waals surface area contributed by atoms with Gasteiger partial charge in [-0.3, -0.25) is 9.69 Å². The Morgan fingerprint density at radius 2 is 1.95 bits per heavy atom. The summed E-state index contributed by atoms with van der Waals surface area (Å²) in [4.78, 5) is 14.3. The number of aliphatic hydroxyl groups is 1. The lowest BCUT2D eigenvalue weighted by Gasteiger charge is -2.17. The Morgan fingerprint density at radius 3 is 2.63 bits per heavy atom. The summed E-state index contributed by atoms with van der Waals surface area (Å²) in [5.74, 6) is 1.17. The van der Waals surface area contributed by atoms with Gasteiger partial charge in [-0.2, -0.15) is 0 Å². The summed E-state index contributed by atoms with van der Waals surface area (Å²) in [5.41, 5.74) is 0.635. The minimum atomic E-state index is -0.182. The number of aliphatic hydroxyl groups excluding tert-OH is 1. The molecule has 1 aromatic rings. The fraction of sp³-hybridized carbons (Fsp3) is 0.533. The molecular formula is C15H19NO3. The number of phenols is 1. The Balaban J connectivity index is 1.60. The van der Waals surface area contributed by atoms with E-state index >= 15 is 0 Å². The maximum atomic E-state index is 12.1. The molecule has 3 rings (SSSR count). The fourth-order valence-corrected chi connectivity index (χ4v) is 3.40. The molecule has 4 heteroatoms. The molecule has 2 fully saturated rings. The first-order valence-corrected chi connectivity index (χ1v) is 6.86. The van der Waals surface area contributed by atoms with Gasteiger partial charge < -0.3 is 10.2 Å².